The molecule has 3 rings (SSSR count). The maximum atomic E-state index is 13.7. The third-order valence-corrected chi connectivity index (χ3v) is 5.21. The monoisotopic (exact) mass is 449 g/mol. The number of aromatic hydroxyl groups is 1. The topological polar surface area (TPSA) is 89.6 Å². The van der Waals surface area contributed by atoms with Gasteiger partial charge in [0, 0.05) is 42.9 Å². The zero-order chi connectivity index (χ0) is 23.8. The third-order valence-electron chi connectivity index (χ3n) is 5.21. The van der Waals surface area contributed by atoms with E-state index in [1.807, 2.05) is 4.90 Å². The summed E-state index contributed by atoms with van der Waals surface area (Å²) in [4.78, 5) is 31.7. The number of hydrogen-bond acceptors (Lipinski definition) is 5. The fourth-order valence-electron chi connectivity index (χ4n) is 3.47. The van der Waals surface area contributed by atoms with Crippen LogP contribution < -0.4 is 5.43 Å². The molecule has 0 bridgehead atoms. The molecular weight excluding hydrogens is 425 g/mol. The van der Waals surface area contributed by atoms with Crippen LogP contribution >= 0.6 is 0 Å². The maximum absolute atomic E-state index is 13.7. The van der Waals surface area contributed by atoms with Gasteiger partial charge in [0.05, 0.1) is 19.3 Å². The molecule has 0 unspecified atom stereocenters. The smallest absolute Gasteiger partial charge is 0.254 e. The standard InChI is InChI=1S/C24H24FN5O3/c1-3-4-18-13-20(25)14-19(23(18)32)15-27-28-22(31)16-29-9-11-30(12-10-29)24(33)17-5-7-21(26-2)8-6-17/h3,5-8,13-15,32H,1,4,9-12,16H2,(H,28,31)/b27-15+. The predicted molar refractivity (Wildman–Crippen MR) is 123 cm³/mol. The van der Waals surface area contributed by atoms with Crippen LogP contribution in [0.5, 0.6) is 5.75 Å². The Balaban J connectivity index is 1.48. The number of phenols is 1. The average Bonchev–Trinajstić information content (AvgIpc) is 2.82. The second-order valence-corrected chi connectivity index (χ2v) is 7.52. The molecular formula is C24H24FN5O3. The molecule has 1 aliphatic rings. The SMILES string of the molecule is [C-]#[N+]c1ccc(C(=O)N2CCN(CC(=O)N/N=C/c3cc(F)cc(CC=C)c3O)CC2)cc1. The molecule has 2 N–H and O–H groups in total. The molecule has 0 aliphatic carbocycles. The predicted octanol–water partition coefficient (Wildman–Crippen LogP) is 2.72. The lowest BCUT2D eigenvalue weighted by atomic mass is 10.1. The van der Waals surface area contributed by atoms with Crippen molar-refractivity contribution < 1.29 is 19.1 Å². The molecule has 1 fully saturated rings. The number of benzene rings is 2. The van der Waals surface area contributed by atoms with Gasteiger partial charge < -0.3 is 10.0 Å². The number of nitrogens with zero attached hydrogens (tertiary/aromatic N) is 4. The zero-order valence-electron chi connectivity index (χ0n) is 18.0. The van der Waals surface area contributed by atoms with E-state index in [0.717, 1.165) is 6.07 Å². The summed E-state index contributed by atoms with van der Waals surface area (Å²) in [6, 6.07) is 8.87. The summed E-state index contributed by atoms with van der Waals surface area (Å²) < 4.78 is 13.7. The highest BCUT2D eigenvalue weighted by molar-refractivity contribution is 5.94. The van der Waals surface area contributed by atoms with Crippen LogP contribution in [0.3, 0.4) is 0 Å². The van der Waals surface area contributed by atoms with Crippen molar-refractivity contribution in [2.24, 2.45) is 5.10 Å². The van der Waals surface area contributed by atoms with E-state index < -0.39 is 5.82 Å². The van der Waals surface area contributed by atoms with E-state index in [-0.39, 0.29) is 29.7 Å². The largest absolute Gasteiger partial charge is 0.507 e. The molecule has 1 heterocycles. The minimum atomic E-state index is -0.521. The van der Waals surface area contributed by atoms with Crippen molar-refractivity contribution in [2.75, 3.05) is 32.7 Å². The second-order valence-electron chi connectivity index (χ2n) is 7.52. The summed E-state index contributed by atoms with van der Waals surface area (Å²) in [6.07, 6.45) is 3.05. The van der Waals surface area contributed by atoms with Crippen LogP contribution in [-0.4, -0.2) is 65.7 Å². The lowest BCUT2D eigenvalue weighted by Gasteiger charge is -2.34. The molecule has 2 aromatic rings. The number of rotatable bonds is 7. The Kier molecular flexibility index (Phi) is 7.89. The lowest BCUT2D eigenvalue weighted by molar-refractivity contribution is -0.122. The fourth-order valence-corrected chi connectivity index (χ4v) is 3.47. The van der Waals surface area contributed by atoms with Crippen molar-refractivity contribution in [3.8, 4) is 5.75 Å². The van der Waals surface area contributed by atoms with E-state index in [4.69, 9.17) is 6.57 Å². The van der Waals surface area contributed by atoms with Gasteiger partial charge in [0.2, 0.25) is 0 Å². The minimum absolute atomic E-state index is 0.0932. The summed E-state index contributed by atoms with van der Waals surface area (Å²) in [5.74, 6) is -1.10. The van der Waals surface area contributed by atoms with Crippen molar-refractivity contribution in [1.82, 2.24) is 15.2 Å². The van der Waals surface area contributed by atoms with Crippen LogP contribution in [0, 0.1) is 12.4 Å². The minimum Gasteiger partial charge on any atom is -0.507 e. The first-order valence-electron chi connectivity index (χ1n) is 10.3. The highest BCUT2D eigenvalue weighted by Gasteiger charge is 2.23. The van der Waals surface area contributed by atoms with Crippen LogP contribution in [0.25, 0.3) is 4.85 Å². The molecule has 1 saturated heterocycles. The molecule has 0 radical (unpaired) electrons. The second kappa shape index (κ2) is 11.0. The normalized spacial score (nSPS) is 14.1. The van der Waals surface area contributed by atoms with E-state index >= 15 is 0 Å². The number of piperazine rings is 1. The average molecular weight is 449 g/mol. The Hall–Kier alpha value is -4.03. The molecule has 8 nitrogen and oxygen atoms in total. The van der Waals surface area contributed by atoms with Gasteiger partial charge in [-0.2, -0.15) is 5.10 Å². The van der Waals surface area contributed by atoms with Crippen molar-refractivity contribution >= 4 is 23.7 Å². The first kappa shape index (κ1) is 23.6. The zero-order valence-corrected chi connectivity index (χ0v) is 18.0. The Morgan fingerprint density at radius 2 is 1.91 bits per heavy atom. The molecule has 33 heavy (non-hydrogen) atoms. The highest BCUT2D eigenvalue weighted by Crippen LogP contribution is 2.23. The van der Waals surface area contributed by atoms with Crippen LogP contribution in [0.2, 0.25) is 0 Å². The first-order chi connectivity index (χ1) is 15.9. The van der Waals surface area contributed by atoms with Crippen molar-refractivity contribution in [2.45, 2.75) is 6.42 Å². The molecule has 0 aromatic heterocycles. The van der Waals surface area contributed by atoms with Crippen molar-refractivity contribution in [3.05, 3.63) is 83.0 Å². The Morgan fingerprint density at radius 3 is 2.55 bits per heavy atom. The number of halogens is 1. The maximum Gasteiger partial charge on any atom is 0.254 e. The van der Waals surface area contributed by atoms with Gasteiger partial charge in [-0.25, -0.2) is 14.7 Å². The van der Waals surface area contributed by atoms with E-state index in [9.17, 15) is 19.1 Å². The fraction of sp³-hybridized carbons (Fsp3) is 0.250. The number of hydrogen-bond donors (Lipinski definition) is 2. The van der Waals surface area contributed by atoms with Crippen molar-refractivity contribution in [1.29, 1.82) is 0 Å². The summed E-state index contributed by atoms with van der Waals surface area (Å²) in [5, 5.41) is 14.0. The van der Waals surface area contributed by atoms with Gasteiger partial charge in [-0.1, -0.05) is 30.3 Å². The van der Waals surface area contributed by atoms with Gasteiger partial charge in [-0.05, 0) is 18.6 Å². The van der Waals surface area contributed by atoms with Gasteiger partial charge >= 0.3 is 0 Å². The van der Waals surface area contributed by atoms with E-state index in [2.05, 4.69) is 22.0 Å². The van der Waals surface area contributed by atoms with Crippen molar-refractivity contribution in [3.63, 3.8) is 0 Å². The Bertz CT molecular complexity index is 1100. The quantitative estimate of drug-likeness (QED) is 0.294. The Labute approximate surface area is 191 Å². The molecule has 0 spiro atoms. The molecule has 2 amide bonds. The van der Waals surface area contributed by atoms with Crippen LogP contribution in [-0.2, 0) is 11.2 Å². The number of phenolic OH excluding ortho intramolecular Hbond substituents is 1. The Morgan fingerprint density at radius 1 is 1.21 bits per heavy atom. The van der Waals surface area contributed by atoms with Crippen LogP contribution in [0.15, 0.2) is 54.2 Å². The first-order valence-corrected chi connectivity index (χ1v) is 10.3. The number of nitrogens with one attached hydrogen (secondary N) is 1. The van der Waals surface area contributed by atoms with Crippen LogP contribution in [0.1, 0.15) is 21.5 Å². The number of amides is 2. The van der Waals surface area contributed by atoms with Gasteiger partial charge in [0.25, 0.3) is 11.8 Å². The van der Waals surface area contributed by atoms with Gasteiger partial charge in [-0.15, -0.1) is 6.58 Å². The molecule has 0 saturated carbocycles. The number of carbonyl (C=O) groups excluding carboxylic acids is 2. The number of allylic oxidation sites excluding steroid dienone is 1. The molecule has 0 atom stereocenters. The summed E-state index contributed by atoms with van der Waals surface area (Å²) in [6.45, 7) is 12.6. The molecule has 1 aliphatic heterocycles. The van der Waals surface area contributed by atoms with E-state index in [0.29, 0.717) is 49.4 Å². The highest BCUT2D eigenvalue weighted by atomic mass is 19.1. The summed E-state index contributed by atoms with van der Waals surface area (Å²) in [5.41, 5.74) is 3.92. The van der Waals surface area contributed by atoms with Crippen LogP contribution in [0.4, 0.5) is 10.1 Å². The summed E-state index contributed by atoms with van der Waals surface area (Å²) in [7, 11) is 0. The number of carbonyl (C=O) groups is 2. The summed E-state index contributed by atoms with van der Waals surface area (Å²) >= 11 is 0. The molecule has 2 aromatic carbocycles. The molecule has 9 heteroatoms. The lowest BCUT2D eigenvalue weighted by Crippen LogP contribution is -2.50. The van der Waals surface area contributed by atoms with Gasteiger partial charge in [-0.3, -0.25) is 14.5 Å². The third kappa shape index (κ3) is 6.24. The number of hydrazone groups is 1. The van der Waals surface area contributed by atoms with E-state index in [1.165, 1.54) is 12.3 Å². The van der Waals surface area contributed by atoms with Gasteiger partial charge in [0.1, 0.15) is 11.6 Å². The van der Waals surface area contributed by atoms with Gasteiger partial charge in [0.15, 0.2) is 5.69 Å². The van der Waals surface area contributed by atoms with E-state index in [1.54, 1.807) is 35.2 Å². The molecule has 170 valence electrons.